The topological polar surface area (TPSA) is 84.2 Å². The Morgan fingerprint density at radius 1 is 1.53 bits per heavy atom. The van der Waals surface area contributed by atoms with Crippen LogP contribution < -0.4 is 16.4 Å². The zero-order valence-electron chi connectivity index (χ0n) is 9.16. The van der Waals surface area contributed by atoms with Gasteiger partial charge in [-0.3, -0.25) is 4.79 Å². The molecule has 0 aliphatic carbocycles. The third-order valence-electron chi connectivity index (χ3n) is 2.39. The molecule has 4 N–H and O–H groups in total. The van der Waals surface area contributed by atoms with Crippen molar-refractivity contribution in [2.24, 2.45) is 5.73 Å². The van der Waals surface area contributed by atoms with E-state index in [4.69, 9.17) is 5.73 Å². The molecule has 5 nitrogen and oxygen atoms in total. The third-order valence-corrected chi connectivity index (χ3v) is 3.46. The summed E-state index contributed by atoms with van der Waals surface area (Å²) in [4.78, 5) is 22.8. The average Bonchev–Trinajstić information content (AvgIpc) is 2.28. The summed E-state index contributed by atoms with van der Waals surface area (Å²) >= 11 is 1.53. The molecule has 0 unspecified atom stereocenters. The summed E-state index contributed by atoms with van der Waals surface area (Å²) in [6.45, 7) is 0.495. The van der Waals surface area contributed by atoms with Crippen molar-refractivity contribution in [2.75, 3.05) is 17.6 Å². The number of amides is 3. The molecule has 1 aromatic rings. The van der Waals surface area contributed by atoms with E-state index in [-0.39, 0.29) is 5.91 Å². The summed E-state index contributed by atoms with van der Waals surface area (Å²) in [5.74, 6) is 0.491. The predicted molar refractivity (Wildman–Crippen MR) is 67.1 cm³/mol. The third kappa shape index (κ3) is 3.13. The van der Waals surface area contributed by atoms with Crippen LogP contribution in [0.3, 0.4) is 0 Å². The summed E-state index contributed by atoms with van der Waals surface area (Å²) < 4.78 is 0. The van der Waals surface area contributed by atoms with Gasteiger partial charge < -0.3 is 16.4 Å². The highest BCUT2D eigenvalue weighted by Gasteiger charge is 2.15. The van der Waals surface area contributed by atoms with Crippen LogP contribution in [0, 0.1) is 0 Å². The smallest absolute Gasteiger partial charge is 0.312 e. The second-order valence-electron chi connectivity index (χ2n) is 3.71. The maximum absolute atomic E-state index is 11.2. The number of nitrogens with two attached hydrogens (primary N) is 1. The van der Waals surface area contributed by atoms with Crippen LogP contribution in [-0.2, 0) is 11.2 Å². The number of anilines is 1. The highest BCUT2D eigenvalue weighted by atomic mass is 32.2. The molecule has 3 amide bonds. The van der Waals surface area contributed by atoms with Crippen LogP contribution in [0.4, 0.5) is 10.5 Å². The molecule has 90 valence electrons. The number of fused-ring (bicyclic) bond motifs is 1. The second kappa shape index (κ2) is 5.09. The van der Waals surface area contributed by atoms with Gasteiger partial charge in [-0.1, -0.05) is 6.07 Å². The molecule has 17 heavy (non-hydrogen) atoms. The van der Waals surface area contributed by atoms with Gasteiger partial charge in [-0.15, -0.1) is 11.8 Å². The first-order chi connectivity index (χ1) is 8.15. The minimum Gasteiger partial charge on any atom is -0.352 e. The first kappa shape index (κ1) is 11.8. The van der Waals surface area contributed by atoms with Crippen molar-refractivity contribution in [3.8, 4) is 0 Å². The zero-order chi connectivity index (χ0) is 12.3. The van der Waals surface area contributed by atoms with Crippen LogP contribution in [0.2, 0.25) is 0 Å². The molecule has 0 bridgehead atoms. The van der Waals surface area contributed by atoms with E-state index in [1.54, 1.807) is 0 Å². The summed E-state index contributed by atoms with van der Waals surface area (Å²) in [7, 11) is 0. The Balaban J connectivity index is 2.02. The molecule has 0 fully saturated rings. The van der Waals surface area contributed by atoms with E-state index in [2.05, 4.69) is 10.6 Å². The van der Waals surface area contributed by atoms with Crippen molar-refractivity contribution >= 4 is 29.4 Å². The predicted octanol–water partition coefficient (Wildman–Crippen LogP) is 0.942. The zero-order valence-corrected chi connectivity index (χ0v) is 9.97. The van der Waals surface area contributed by atoms with Crippen LogP contribution in [0.15, 0.2) is 23.1 Å². The van der Waals surface area contributed by atoms with Crippen LogP contribution in [0.1, 0.15) is 5.56 Å². The number of urea groups is 1. The van der Waals surface area contributed by atoms with Crippen molar-refractivity contribution in [3.63, 3.8) is 0 Å². The van der Waals surface area contributed by atoms with Gasteiger partial charge in [0.2, 0.25) is 5.91 Å². The van der Waals surface area contributed by atoms with Crippen molar-refractivity contribution in [2.45, 2.75) is 11.3 Å². The lowest BCUT2D eigenvalue weighted by Gasteiger charge is -2.17. The average molecular weight is 251 g/mol. The molecular weight excluding hydrogens is 238 g/mol. The molecule has 1 heterocycles. The minimum absolute atomic E-state index is 0.0231. The fraction of sp³-hybridized carbons (Fsp3) is 0.273. The first-order valence-electron chi connectivity index (χ1n) is 5.24. The highest BCUT2D eigenvalue weighted by molar-refractivity contribution is 8.00. The summed E-state index contributed by atoms with van der Waals surface area (Å²) in [6, 6.07) is 5.39. The van der Waals surface area contributed by atoms with Crippen molar-refractivity contribution in [1.82, 2.24) is 5.32 Å². The molecule has 0 saturated carbocycles. The van der Waals surface area contributed by atoms with Crippen molar-refractivity contribution in [3.05, 3.63) is 23.8 Å². The van der Waals surface area contributed by atoms with Crippen molar-refractivity contribution in [1.29, 1.82) is 0 Å². The fourth-order valence-corrected chi connectivity index (χ4v) is 2.40. The van der Waals surface area contributed by atoms with E-state index in [1.165, 1.54) is 11.8 Å². The quantitative estimate of drug-likeness (QED) is 0.747. The standard InChI is InChI=1S/C11H13N3O2S/c12-11(16)13-4-3-7-1-2-9-8(5-7)14-10(15)6-17-9/h1-2,5H,3-4,6H2,(H,14,15)(H3,12,13,16). The van der Waals surface area contributed by atoms with E-state index in [9.17, 15) is 9.59 Å². The number of primary amides is 1. The molecule has 1 aliphatic rings. The molecule has 0 atom stereocenters. The molecule has 6 heteroatoms. The number of benzene rings is 1. The highest BCUT2D eigenvalue weighted by Crippen LogP contribution is 2.31. The van der Waals surface area contributed by atoms with Gasteiger partial charge in [-0.05, 0) is 24.1 Å². The molecule has 2 rings (SSSR count). The number of carbonyl (C=O) groups excluding carboxylic acids is 2. The molecule has 1 aromatic carbocycles. The maximum atomic E-state index is 11.2. The van der Waals surface area contributed by atoms with Crippen LogP contribution in [0.25, 0.3) is 0 Å². The van der Waals surface area contributed by atoms with E-state index < -0.39 is 6.03 Å². The number of carbonyl (C=O) groups is 2. The number of rotatable bonds is 3. The van der Waals surface area contributed by atoms with Crippen molar-refractivity contribution < 1.29 is 9.59 Å². The Morgan fingerprint density at radius 2 is 2.35 bits per heavy atom. The van der Waals surface area contributed by atoms with Gasteiger partial charge in [0.1, 0.15) is 0 Å². The largest absolute Gasteiger partial charge is 0.352 e. The van der Waals surface area contributed by atoms with Crippen LogP contribution in [0.5, 0.6) is 0 Å². The van der Waals surface area contributed by atoms with Gasteiger partial charge in [0.15, 0.2) is 0 Å². The van der Waals surface area contributed by atoms with Gasteiger partial charge in [-0.25, -0.2) is 4.79 Å². The Kier molecular flexibility index (Phi) is 3.53. The number of thioether (sulfide) groups is 1. The Labute approximate surface area is 103 Å². The fourth-order valence-electron chi connectivity index (χ4n) is 1.62. The molecular formula is C11H13N3O2S. The maximum Gasteiger partial charge on any atom is 0.312 e. The Bertz CT molecular complexity index is 462. The lowest BCUT2D eigenvalue weighted by atomic mass is 10.1. The molecule has 0 radical (unpaired) electrons. The van der Waals surface area contributed by atoms with Crippen LogP contribution in [-0.4, -0.2) is 24.2 Å². The van der Waals surface area contributed by atoms with E-state index in [1.807, 2.05) is 18.2 Å². The minimum atomic E-state index is -0.521. The second-order valence-corrected chi connectivity index (χ2v) is 4.73. The lowest BCUT2D eigenvalue weighted by Crippen LogP contribution is -2.31. The van der Waals surface area contributed by atoms with Gasteiger partial charge >= 0.3 is 6.03 Å². The Hall–Kier alpha value is -1.69. The van der Waals surface area contributed by atoms with E-state index in [0.717, 1.165) is 16.1 Å². The first-order valence-corrected chi connectivity index (χ1v) is 6.22. The van der Waals surface area contributed by atoms with Crippen LogP contribution >= 0.6 is 11.8 Å². The summed E-state index contributed by atoms with van der Waals surface area (Å²) in [5, 5.41) is 5.36. The molecule has 0 saturated heterocycles. The van der Waals surface area contributed by atoms with Gasteiger partial charge in [0.05, 0.1) is 11.4 Å². The number of hydrogen-bond donors (Lipinski definition) is 3. The van der Waals surface area contributed by atoms with Gasteiger partial charge in [0, 0.05) is 11.4 Å². The van der Waals surface area contributed by atoms with E-state index >= 15 is 0 Å². The number of nitrogens with one attached hydrogen (secondary N) is 2. The SMILES string of the molecule is NC(=O)NCCc1ccc2c(c1)NC(=O)CS2. The van der Waals surface area contributed by atoms with E-state index in [0.29, 0.717) is 18.7 Å². The number of hydrogen-bond acceptors (Lipinski definition) is 3. The monoisotopic (exact) mass is 251 g/mol. The normalized spacial score (nSPS) is 13.8. The summed E-state index contributed by atoms with van der Waals surface area (Å²) in [6.07, 6.45) is 0.691. The molecule has 0 spiro atoms. The molecule has 0 aromatic heterocycles. The van der Waals surface area contributed by atoms with Gasteiger partial charge in [-0.2, -0.15) is 0 Å². The lowest BCUT2D eigenvalue weighted by molar-refractivity contribution is -0.113. The molecule has 1 aliphatic heterocycles. The summed E-state index contributed by atoms with van der Waals surface area (Å²) in [5.41, 5.74) is 6.88. The van der Waals surface area contributed by atoms with Gasteiger partial charge in [0.25, 0.3) is 0 Å². The Morgan fingerprint density at radius 3 is 3.12 bits per heavy atom.